The number of aliphatic imine (C=N–C) groups is 1. The molecule has 2 fully saturated rings. The summed E-state index contributed by atoms with van der Waals surface area (Å²) in [6.07, 6.45) is 10.3. The van der Waals surface area contributed by atoms with E-state index in [0.29, 0.717) is 23.7 Å². The number of nitrogens with zero attached hydrogens (tertiary/aromatic N) is 1. The number of methoxy groups -OCH3 is 1. The van der Waals surface area contributed by atoms with Crippen molar-refractivity contribution in [3.05, 3.63) is 23.7 Å². The Morgan fingerprint density at radius 2 is 2.24 bits per heavy atom. The predicted molar refractivity (Wildman–Crippen MR) is 94.6 cm³/mol. The number of carbonyl (C=O) groups excluding carboxylic acids is 1. The highest BCUT2D eigenvalue weighted by atomic mass is 16.5. The Morgan fingerprint density at radius 3 is 3.08 bits per heavy atom. The van der Waals surface area contributed by atoms with E-state index in [1.54, 1.807) is 0 Å². The fraction of sp³-hybridized carbons (Fsp3) is 0.714. The number of carbonyl (C=O) groups is 1. The highest BCUT2D eigenvalue weighted by molar-refractivity contribution is 5.96. The van der Waals surface area contributed by atoms with Crippen LogP contribution in [0.2, 0.25) is 0 Å². The highest BCUT2D eigenvalue weighted by Gasteiger charge is 2.65. The molecule has 6 atom stereocenters. The van der Waals surface area contributed by atoms with Crippen LogP contribution in [0.1, 0.15) is 56.3 Å². The third-order valence-corrected chi connectivity index (χ3v) is 8.18. The molecule has 4 aliphatic rings. The first-order chi connectivity index (χ1) is 12.1. The summed E-state index contributed by atoms with van der Waals surface area (Å²) in [5.74, 6) is 3.29. The van der Waals surface area contributed by atoms with E-state index < -0.39 is 5.41 Å². The summed E-state index contributed by atoms with van der Waals surface area (Å²) in [5.41, 5.74) is 1.07. The standard InChI is InChI=1S/C21H27NO3/c1-13-14-4-5-18-20(16(14)10-17-15(13)6-9-25-17)7-3-8-21(18,12-22-11-20)19(23)24-2/h6,9,12-14,16,18H,3-5,7-8,10-11H2,1-2H3/t13-,14+,16+,18-,20+,21+/m1/s1. The fourth-order valence-electron chi connectivity index (χ4n) is 7.18. The summed E-state index contributed by atoms with van der Waals surface area (Å²) in [6, 6.07) is 2.17. The molecule has 0 spiro atoms. The molecule has 25 heavy (non-hydrogen) atoms. The second kappa shape index (κ2) is 5.21. The van der Waals surface area contributed by atoms with Gasteiger partial charge in [-0.3, -0.25) is 9.79 Å². The van der Waals surface area contributed by atoms with Crippen molar-refractivity contribution in [3.63, 3.8) is 0 Å². The molecule has 134 valence electrons. The SMILES string of the molecule is COC(=O)[C@]12C=NC[C@]3(CCC1)[C@H]2CC[C@H]1[C@@H](C)c2ccoc2C[C@@H]13. The number of hydrogen-bond acceptors (Lipinski definition) is 4. The molecular formula is C21H27NO3. The van der Waals surface area contributed by atoms with Gasteiger partial charge in [-0.05, 0) is 66.4 Å². The smallest absolute Gasteiger partial charge is 0.317 e. The average molecular weight is 341 g/mol. The summed E-state index contributed by atoms with van der Waals surface area (Å²) >= 11 is 0. The highest BCUT2D eigenvalue weighted by Crippen LogP contribution is 2.66. The van der Waals surface area contributed by atoms with Crippen LogP contribution in [0.5, 0.6) is 0 Å². The van der Waals surface area contributed by atoms with Crippen molar-refractivity contribution in [2.45, 2.75) is 51.4 Å². The van der Waals surface area contributed by atoms with Crippen LogP contribution in [0.4, 0.5) is 0 Å². The maximum atomic E-state index is 12.8. The number of ether oxygens (including phenoxy) is 1. The van der Waals surface area contributed by atoms with Gasteiger partial charge in [0.05, 0.1) is 13.4 Å². The van der Waals surface area contributed by atoms with Crippen molar-refractivity contribution in [2.24, 2.45) is 33.6 Å². The molecule has 0 N–H and O–H groups in total. The third kappa shape index (κ3) is 1.83. The minimum Gasteiger partial charge on any atom is -0.469 e. The predicted octanol–water partition coefficient (Wildman–Crippen LogP) is 4.00. The molecule has 0 unspecified atom stereocenters. The van der Waals surface area contributed by atoms with Crippen molar-refractivity contribution in [3.8, 4) is 0 Å². The van der Waals surface area contributed by atoms with E-state index in [1.807, 2.05) is 12.5 Å². The quantitative estimate of drug-likeness (QED) is 0.726. The first-order valence-corrected chi connectivity index (χ1v) is 9.78. The van der Waals surface area contributed by atoms with Gasteiger partial charge in [-0.1, -0.05) is 13.3 Å². The molecule has 1 aromatic rings. The monoisotopic (exact) mass is 341 g/mol. The van der Waals surface area contributed by atoms with Crippen LogP contribution in [-0.4, -0.2) is 25.8 Å². The third-order valence-electron chi connectivity index (χ3n) is 8.18. The molecule has 5 rings (SSSR count). The Kier molecular flexibility index (Phi) is 3.27. The number of fused-ring (bicyclic) bond motifs is 2. The molecule has 0 aromatic carbocycles. The van der Waals surface area contributed by atoms with E-state index in [4.69, 9.17) is 14.1 Å². The van der Waals surface area contributed by atoms with Crippen LogP contribution in [0.25, 0.3) is 0 Å². The summed E-state index contributed by atoms with van der Waals surface area (Å²) in [6.45, 7) is 3.24. The van der Waals surface area contributed by atoms with Crippen molar-refractivity contribution in [2.75, 3.05) is 13.7 Å². The van der Waals surface area contributed by atoms with Gasteiger partial charge in [0, 0.05) is 19.2 Å². The maximum Gasteiger partial charge on any atom is 0.317 e. The van der Waals surface area contributed by atoms with E-state index in [2.05, 4.69) is 13.0 Å². The molecule has 0 saturated heterocycles. The lowest BCUT2D eigenvalue weighted by Gasteiger charge is -2.63. The molecule has 2 bridgehead atoms. The Balaban J connectivity index is 1.61. The normalized spacial score (nSPS) is 44.4. The molecule has 1 aromatic heterocycles. The lowest BCUT2D eigenvalue weighted by molar-refractivity contribution is -0.168. The number of furan rings is 1. The van der Waals surface area contributed by atoms with Gasteiger partial charge >= 0.3 is 5.97 Å². The molecule has 2 heterocycles. The van der Waals surface area contributed by atoms with Gasteiger partial charge in [0.2, 0.25) is 0 Å². The minimum absolute atomic E-state index is 0.0639. The van der Waals surface area contributed by atoms with Gasteiger partial charge in [0.1, 0.15) is 11.2 Å². The Hall–Kier alpha value is -1.58. The van der Waals surface area contributed by atoms with Crippen LogP contribution in [0, 0.1) is 28.6 Å². The van der Waals surface area contributed by atoms with E-state index in [9.17, 15) is 4.79 Å². The summed E-state index contributed by atoms with van der Waals surface area (Å²) in [4.78, 5) is 17.6. The number of esters is 1. The van der Waals surface area contributed by atoms with Gasteiger partial charge in [-0.25, -0.2) is 0 Å². The van der Waals surface area contributed by atoms with E-state index in [-0.39, 0.29) is 11.4 Å². The summed E-state index contributed by atoms with van der Waals surface area (Å²) < 4.78 is 11.1. The first-order valence-electron chi connectivity index (χ1n) is 9.78. The van der Waals surface area contributed by atoms with Gasteiger partial charge in [-0.15, -0.1) is 0 Å². The molecule has 3 aliphatic carbocycles. The van der Waals surface area contributed by atoms with Crippen LogP contribution in [0.15, 0.2) is 21.7 Å². The molecule has 4 heteroatoms. The van der Waals surface area contributed by atoms with Crippen molar-refractivity contribution >= 4 is 12.2 Å². The van der Waals surface area contributed by atoms with Crippen molar-refractivity contribution in [1.82, 2.24) is 0 Å². The Labute approximate surface area is 149 Å². The Bertz CT molecular complexity index is 737. The first kappa shape index (κ1) is 15.7. The molecule has 1 aliphatic heterocycles. The van der Waals surface area contributed by atoms with Crippen molar-refractivity contribution in [1.29, 1.82) is 0 Å². The van der Waals surface area contributed by atoms with Gasteiger partial charge in [0.25, 0.3) is 0 Å². The summed E-state index contributed by atoms with van der Waals surface area (Å²) in [7, 11) is 1.53. The molecule has 2 saturated carbocycles. The largest absolute Gasteiger partial charge is 0.469 e. The Morgan fingerprint density at radius 1 is 1.36 bits per heavy atom. The molecular weight excluding hydrogens is 314 g/mol. The van der Waals surface area contributed by atoms with Crippen LogP contribution in [0.3, 0.4) is 0 Å². The second-order valence-electron chi connectivity index (χ2n) is 8.78. The summed E-state index contributed by atoms with van der Waals surface area (Å²) in [5, 5.41) is 0. The number of rotatable bonds is 1. The van der Waals surface area contributed by atoms with Crippen LogP contribution < -0.4 is 0 Å². The second-order valence-corrected chi connectivity index (χ2v) is 8.78. The molecule has 4 nitrogen and oxygen atoms in total. The zero-order chi connectivity index (χ0) is 17.2. The zero-order valence-electron chi connectivity index (χ0n) is 15.2. The minimum atomic E-state index is -0.483. The van der Waals surface area contributed by atoms with Crippen molar-refractivity contribution < 1.29 is 13.9 Å². The fourth-order valence-corrected chi connectivity index (χ4v) is 7.18. The van der Waals surface area contributed by atoms with Crippen LogP contribution >= 0.6 is 0 Å². The van der Waals surface area contributed by atoms with E-state index in [1.165, 1.54) is 31.3 Å². The topological polar surface area (TPSA) is 51.8 Å². The van der Waals surface area contributed by atoms with E-state index >= 15 is 0 Å². The lowest BCUT2D eigenvalue weighted by atomic mass is 9.42. The van der Waals surface area contributed by atoms with Gasteiger partial charge < -0.3 is 9.15 Å². The average Bonchev–Trinajstić information content (AvgIpc) is 3.09. The van der Waals surface area contributed by atoms with Gasteiger partial charge in [0.15, 0.2) is 0 Å². The van der Waals surface area contributed by atoms with Crippen LogP contribution in [-0.2, 0) is 16.0 Å². The molecule has 0 radical (unpaired) electrons. The lowest BCUT2D eigenvalue weighted by Crippen LogP contribution is -2.62. The maximum absolute atomic E-state index is 12.8. The van der Waals surface area contributed by atoms with Gasteiger partial charge in [-0.2, -0.15) is 0 Å². The number of hydrogen-bond donors (Lipinski definition) is 0. The van der Waals surface area contributed by atoms with E-state index in [0.717, 1.165) is 32.2 Å². The molecule has 0 amide bonds. The zero-order valence-corrected chi connectivity index (χ0v) is 15.2.